The van der Waals surface area contributed by atoms with Crippen molar-refractivity contribution >= 4 is 28.4 Å². The normalized spacial score (nSPS) is 10.1. The molecule has 1 heterocycles. The van der Waals surface area contributed by atoms with Crippen molar-refractivity contribution in [3.8, 4) is 0 Å². The number of rotatable bonds is 4. The van der Waals surface area contributed by atoms with Crippen LogP contribution in [0.4, 0.5) is 17.1 Å². The Bertz CT molecular complexity index is 526. The van der Waals surface area contributed by atoms with Gasteiger partial charge in [0.25, 0.3) is 5.69 Å². The number of nitrogen functional groups attached to an aromatic ring is 1. The summed E-state index contributed by atoms with van der Waals surface area (Å²) in [5, 5.41) is 17.7. The molecule has 0 atom stereocenters. The van der Waals surface area contributed by atoms with E-state index in [1.54, 1.807) is 17.4 Å². The number of nitrogens with one attached hydrogen (secondary N) is 1. The molecule has 0 aliphatic heterocycles. The van der Waals surface area contributed by atoms with Gasteiger partial charge in [0, 0.05) is 18.7 Å². The molecule has 2 aromatic rings. The highest BCUT2D eigenvalue weighted by Crippen LogP contribution is 2.24. The number of hydrogen-bond donors (Lipinski definition) is 2. The molecule has 17 heavy (non-hydrogen) atoms. The van der Waals surface area contributed by atoms with Gasteiger partial charge in [-0.3, -0.25) is 10.1 Å². The maximum Gasteiger partial charge on any atom is 0.271 e. The first kappa shape index (κ1) is 11.4. The molecule has 0 saturated carbocycles. The summed E-state index contributed by atoms with van der Waals surface area (Å²) in [5.74, 6) is 0. The first-order valence-corrected chi connectivity index (χ1v) is 5.90. The maximum absolute atomic E-state index is 10.5. The average molecular weight is 249 g/mol. The quantitative estimate of drug-likeness (QED) is 0.496. The van der Waals surface area contributed by atoms with E-state index in [1.165, 1.54) is 12.1 Å². The van der Waals surface area contributed by atoms with Crippen molar-refractivity contribution in [2.75, 3.05) is 11.1 Å². The Morgan fingerprint density at radius 3 is 2.82 bits per heavy atom. The smallest absolute Gasteiger partial charge is 0.271 e. The third kappa shape index (κ3) is 2.73. The molecule has 1 aromatic heterocycles. The molecule has 88 valence electrons. The van der Waals surface area contributed by atoms with E-state index in [1.807, 2.05) is 16.8 Å². The topological polar surface area (TPSA) is 81.2 Å². The Balaban J connectivity index is 2.09. The van der Waals surface area contributed by atoms with E-state index >= 15 is 0 Å². The summed E-state index contributed by atoms with van der Waals surface area (Å²) < 4.78 is 0. The van der Waals surface area contributed by atoms with Crippen LogP contribution in [0.5, 0.6) is 0 Å². The lowest BCUT2D eigenvalue weighted by Gasteiger charge is -2.07. The van der Waals surface area contributed by atoms with Crippen LogP contribution >= 0.6 is 11.3 Å². The second-order valence-electron chi connectivity index (χ2n) is 3.51. The van der Waals surface area contributed by atoms with Gasteiger partial charge in [0.15, 0.2) is 0 Å². The van der Waals surface area contributed by atoms with Gasteiger partial charge in [-0.05, 0) is 28.5 Å². The highest BCUT2D eigenvalue weighted by atomic mass is 32.1. The number of benzene rings is 1. The maximum atomic E-state index is 10.5. The van der Waals surface area contributed by atoms with Gasteiger partial charge in [0.2, 0.25) is 0 Å². The molecule has 0 saturated heterocycles. The number of thiophene rings is 1. The van der Waals surface area contributed by atoms with Crippen LogP contribution in [0.2, 0.25) is 0 Å². The van der Waals surface area contributed by atoms with E-state index in [4.69, 9.17) is 5.73 Å². The zero-order valence-corrected chi connectivity index (χ0v) is 9.74. The molecule has 0 radical (unpaired) electrons. The van der Waals surface area contributed by atoms with E-state index in [0.717, 1.165) is 5.56 Å². The first-order chi connectivity index (χ1) is 8.16. The van der Waals surface area contributed by atoms with Crippen LogP contribution in [0.15, 0.2) is 35.0 Å². The molecule has 0 fully saturated rings. The van der Waals surface area contributed by atoms with Crippen LogP contribution in [0.1, 0.15) is 5.56 Å². The predicted molar refractivity (Wildman–Crippen MR) is 69.2 cm³/mol. The van der Waals surface area contributed by atoms with Gasteiger partial charge in [-0.25, -0.2) is 0 Å². The van der Waals surface area contributed by atoms with Crippen LogP contribution in [0.25, 0.3) is 0 Å². The summed E-state index contributed by atoms with van der Waals surface area (Å²) in [7, 11) is 0. The fourth-order valence-corrected chi connectivity index (χ4v) is 2.08. The minimum absolute atomic E-state index is 0.00332. The fourth-order valence-electron chi connectivity index (χ4n) is 1.42. The van der Waals surface area contributed by atoms with Gasteiger partial charge < -0.3 is 11.1 Å². The summed E-state index contributed by atoms with van der Waals surface area (Å²) in [5.41, 5.74) is 7.99. The number of nitrogens with zero attached hydrogens (tertiary/aromatic N) is 1. The lowest BCUT2D eigenvalue weighted by Crippen LogP contribution is -2.02. The van der Waals surface area contributed by atoms with Crippen LogP contribution in [0.3, 0.4) is 0 Å². The van der Waals surface area contributed by atoms with Crippen LogP contribution < -0.4 is 11.1 Å². The molecular formula is C11H11N3O2S. The van der Waals surface area contributed by atoms with Crippen molar-refractivity contribution in [1.29, 1.82) is 0 Å². The Labute approximate surface area is 102 Å². The molecule has 0 bridgehead atoms. The largest absolute Gasteiger partial charge is 0.397 e. The summed E-state index contributed by atoms with van der Waals surface area (Å²) >= 11 is 1.62. The third-order valence-corrected chi connectivity index (χ3v) is 3.04. The molecule has 5 nitrogen and oxygen atoms in total. The highest BCUT2D eigenvalue weighted by Gasteiger charge is 2.08. The molecule has 0 unspecified atom stereocenters. The molecule has 0 aliphatic carbocycles. The van der Waals surface area contributed by atoms with Gasteiger partial charge in [0.1, 0.15) is 0 Å². The molecule has 0 aliphatic rings. The molecule has 3 N–H and O–H groups in total. The Hall–Kier alpha value is -2.08. The summed E-state index contributed by atoms with van der Waals surface area (Å²) in [6.07, 6.45) is 0. The summed E-state index contributed by atoms with van der Waals surface area (Å²) in [4.78, 5) is 10.1. The second-order valence-corrected chi connectivity index (χ2v) is 4.29. The van der Waals surface area contributed by atoms with Gasteiger partial charge in [-0.2, -0.15) is 11.3 Å². The Kier molecular flexibility index (Phi) is 3.24. The van der Waals surface area contributed by atoms with Gasteiger partial charge >= 0.3 is 0 Å². The highest BCUT2D eigenvalue weighted by molar-refractivity contribution is 7.07. The number of nitro groups is 1. The van der Waals surface area contributed by atoms with Crippen LogP contribution in [-0.4, -0.2) is 4.92 Å². The van der Waals surface area contributed by atoms with E-state index in [2.05, 4.69) is 5.32 Å². The van der Waals surface area contributed by atoms with Crippen molar-refractivity contribution in [1.82, 2.24) is 0 Å². The fraction of sp³-hybridized carbons (Fsp3) is 0.0909. The molecule has 0 amide bonds. The number of nitrogens with two attached hydrogens (primary N) is 1. The molecular weight excluding hydrogens is 238 g/mol. The molecule has 0 spiro atoms. The number of anilines is 2. The number of hydrogen-bond acceptors (Lipinski definition) is 5. The average Bonchev–Trinajstić information content (AvgIpc) is 2.80. The monoisotopic (exact) mass is 249 g/mol. The SMILES string of the molecule is Nc1cc([N+](=O)[O-])ccc1NCc1ccsc1. The Morgan fingerprint density at radius 1 is 1.41 bits per heavy atom. The minimum atomic E-state index is -0.459. The standard InChI is InChI=1S/C11H11N3O2S/c12-10-5-9(14(15)16)1-2-11(10)13-6-8-3-4-17-7-8/h1-5,7,13H,6,12H2. The zero-order valence-electron chi connectivity index (χ0n) is 8.92. The lowest BCUT2D eigenvalue weighted by molar-refractivity contribution is -0.384. The Morgan fingerprint density at radius 2 is 2.24 bits per heavy atom. The second kappa shape index (κ2) is 4.84. The van der Waals surface area contributed by atoms with E-state index in [9.17, 15) is 10.1 Å². The third-order valence-electron chi connectivity index (χ3n) is 2.31. The van der Waals surface area contributed by atoms with Crippen LogP contribution in [0, 0.1) is 10.1 Å². The van der Waals surface area contributed by atoms with Crippen LogP contribution in [-0.2, 0) is 6.54 Å². The van der Waals surface area contributed by atoms with E-state index in [-0.39, 0.29) is 5.69 Å². The predicted octanol–water partition coefficient (Wildman–Crippen LogP) is 2.85. The molecule has 6 heteroatoms. The van der Waals surface area contributed by atoms with Gasteiger partial charge in [0.05, 0.1) is 16.3 Å². The molecule has 2 rings (SSSR count). The van der Waals surface area contributed by atoms with Crippen molar-refractivity contribution in [2.45, 2.75) is 6.54 Å². The van der Waals surface area contributed by atoms with Gasteiger partial charge in [-0.15, -0.1) is 0 Å². The summed E-state index contributed by atoms with van der Waals surface area (Å²) in [6.45, 7) is 0.658. The summed E-state index contributed by atoms with van der Waals surface area (Å²) in [6, 6.07) is 6.43. The van der Waals surface area contributed by atoms with E-state index < -0.39 is 4.92 Å². The van der Waals surface area contributed by atoms with Crippen molar-refractivity contribution in [3.63, 3.8) is 0 Å². The molecule has 1 aromatic carbocycles. The first-order valence-electron chi connectivity index (χ1n) is 4.95. The van der Waals surface area contributed by atoms with E-state index in [0.29, 0.717) is 17.9 Å². The lowest BCUT2D eigenvalue weighted by atomic mass is 10.2. The van der Waals surface area contributed by atoms with Crippen molar-refractivity contribution < 1.29 is 4.92 Å². The van der Waals surface area contributed by atoms with Gasteiger partial charge in [-0.1, -0.05) is 0 Å². The number of non-ortho nitro benzene ring substituents is 1. The minimum Gasteiger partial charge on any atom is -0.397 e. The van der Waals surface area contributed by atoms with Crippen molar-refractivity contribution in [2.24, 2.45) is 0 Å². The zero-order chi connectivity index (χ0) is 12.3. The van der Waals surface area contributed by atoms with Crippen molar-refractivity contribution in [3.05, 3.63) is 50.7 Å². The number of nitro benzene ring substituents is 1.